The highest BCUT2D eigenvalue weighted by molar-refractivity contribution is 7.80. The van der Waals surface area contributed by atoms with Crippen LogP contribution in [-0.4, -0.2) is 34.9 Å². The zero-order valence-corrected chi connectivity index (χ0v) is 15.3. The van der Waals surface area contributed by atoms with Gasteiger partial charge in [0, 0.05) is 19.7 Å². The SMILES string of the molecule is Cc1cccc(COc2ccccc2/C=C2/C(=O)N(C)C(=S)N2C)c1. The summed E-state index contributed by atoms with van der Waals surface area (Å²) in [5.74, 6) is 0.624. The molecule has 0 radical (unpaired) electrons. The van der Waals surface area contributed by atoms with Crippen molar-refractivity contribution in [1.29, 1.82) is 0 Å². The Morgan fingerprint density at radius 3 is 2.52 bits per heavy atom. The highest BCUT2D eigenvalue weighted by atomic mass is 32.1. The van der Waals surface area contributed by atoms with Gasteiger partial charge in [0.25, 0.3) is 5.91 Å². The summed E-state index contributed by atoms with van der Waals surface area (Å²) in [7, 11) is 3.48. The van der Waals surface area contributed by atoms with E-state index in [1.807, 2.05) is 42.5 Å². The summed E-state index contributed by atoms with van der Waals surface area (Å²) in [5.41, 5.74) is 3.70. The Morgan fingerprint density at radius 1 is 1.08 bits per heavy atom. The first-order valence-corrected chi connectivity index (χ1v) is 8.43. The van der Waals surface area contributed by atoms with E-state index in [9.17, 15) is 4.79 Å². The lowest BCUT2D eigenvalue weighted by molar-refractivity contribution is -0.121. The number of amides is 1. The van der Waals surface area contributed by atoms with Crippen molar-refractivity contribution in [2.45, 2.75) is 13.5 Å². The van der Waals surface area contributed by atoms with Crippen LogP contribution >= 0.6 is 12.2 Å². The molecule has 0 spiro atoms. The van der Waals surface area contributed by atoms with Crippen LogP contribution in [0.5, 0.6) is 5.75 Å². The van der Waals surface area contributed by atoms with Gasteiger partial charge in [0.15, 0.2) is 5.11 Å². The van der Waals surface area contributed by atoms with E-state index in [0.29, 0.717) is 17.4 Å². The van der Waals surface area contributed by atoms with Crippen molar-refractivity contribution in [3.05, 3.63) is 70.9 Å². The minimum absolute atomic E-state index is 0.110. The van der Waals surface area contributed by atoms with Gasteiger partial charge in [-0.15, -0.1) is 0 Å². The molecular formula is C20H20N2O2S. The predicted octanol–water partition coefficient (Wildman–Crippen LogP) is 3.60. The van der Waals surface area contributed by atoms with Gasteiger partial charge < -0.3 is 9.64 Å². The Morgan fingerprint density at radius 2 is 1.84 bits per heavy atom. The lowest BCUT2D eigenvalue weighted by Gasteiger charge is -2.13. The fourth-order valence-corrected chi connectivity index (χ4v) is 2.91. The highest BCUT2D eigenvalue weighted by Gasteiger charge is 2.32. The van der Waals surface area contributed by atoms with Crippen molar-refractivity contribution in [3.8, 4) is 5.75 Å². The predicted molar refractivity (Wildman–Crippen MR) is 103 cm³/mol. The van der Waals surface area contributed by atoms with Gasteiger partial charge >= 0.3 is 0 Å². The number of rotatable bonds is 4. The fraction of sp³-hybridized carbons (Fsp3) is 0.200. The maximum absolute atomic E-state index is 12.3. The number of benzene rings is 2. The smallest absolute Gasteiger partial charge is 0.276 e. The Hall–Kier alpha value is -2.66. The summed E-state index contributed by atoms with van der Waals surface area (Å²) in [4.78, 5) is 15.5. The molecule has 0 aliphatic carbocycles. The molecule has 4 nitrogen and oxygen atoms in total. The molecule has 5 heteroatoms. The van der Waals surface area contributed by atoms with E-state index in [1.165, 1.54) is 10.5 Å². The molecule has 0 unspecified atom stereocenters. The van der Waals surface area contributed by atoms with Gasteiger partial charge in [-0.2, -0.15) is 0 Å². The van der Waals surface area contributed by atoms with Gasteiger partial charge in [-0.3, -0.25) is 9.69 Å². The van der Waals surface area contributed by atoms with Crippen molar-refractivity contribution in [2.24, 2.45) is 0 Å². The minimum Gasteiger partial charge on any atom is -0.488 e. The van der Waals surface area contributed by atoms with Crippen LogP contribution in [0, 0.1) is 6.92 Å². The van der Waals surface area contributed by atoms with Crippen LogP contribution in [0.1, 0.15) is 16.7 Å². The third-order valence-corrected chi connectivity index (χ3v) is 4.69. The van der Waals surface area contributed by atoms with Crippen LogP contribution in [0.15, 0.2) is 54.2 Å². The number of nitrogens with zero attached hydrogens (tertiary/aromatic N) is 2. The number of carbonyl (C=O) groups is 1. The summed E-state index contributed by atoms with van der Waals surface area (Å²) in [6.07, 6.45) is 1.82. The molecular weight excluding hydrogens is 332 g/mol. The summed E-state index contributed by atoms with van der Waals surface area (Å²) >= 11 is 5.25. The van der Waals surface area contributed by atoms with Crippen molar-refractivity contribution in [3.63, 3.8) is 0 Å². The van der Waals surface area contributed by atoms with Crippen molar-refractivity contribution in [1.82, 2.24) is 9.80 Å². The number of hydrogen-bond acceptors (Lipinski definition) is 3. The number of likely N-dealkylation sites (N-methyl/N-ethyl adjacent to an activating group) is 2. The third kappa shape index (κ3) is 3.56. The molecule has 1 saturated heterocycles. The van der Waals surface area contributed by atoms with Crippen molar-refractivity contribution in [2.75, 3.05) is 14.1 Å². The van der Waals surface area contributed by atoms with Gasteiger partial charge in [-0.25, -0.2) is 0 Å². The van der Waals surface area contributed by atoms with Gasteiger partial charge in [0.2, 0.25) is 0 Å². The molecule has 0 saturated carbocycles. The zero-order valence-electron chi connectivity index (χ0n) is 14.5. The average molecular weight is 352 g/mol. The fourth-order valence-electron chi connectivity index (χ4n) is 2.73. The topological polar surface area (TPSA) is 32.8 Å². The normalized spacial score (nSPS) is 16.0. The average Bonchev–Trinajstić information content (AvgIpc) is 2.79. The van der Waals surface area contributed by atoms with E-state index in [0.717, 1.165) is 16.9 Å². The molecule has 0 aromatic heterocycles. The molecule has 1 amide bonds. The largest absolute Gasteiger partial charge is 0.488 e. The number of carbonyl (C=O) groups excluding carboxylic acids is 1. The van der Waals surface area contributed by atoms with E-state index in [2.05, 4.69) is 19.1 Å². The number of para-hydroxylation sites is 1. The standard InChI is InChI=1S/C20H20N2O2S/c1-14-7-6-8-15(11-14)13-24-18-10-5-4-9-16(18)12-17-19(23)22(3)20(25)21(17)2/h4-12H,13H2,1-3H3/b17-12-. The summed E-state index contributed by atoms with van der Waals surface area (Å²) in [6, 6.07) is 15.9. The second kappa shape index (κ2) is 7.07. The second-order valence-electron chi connectivity index (χ2n) is 6.05. The van der Waals surface area contributed by atoms with Crippen LogP contribution in [0.3, 0.4) is 0 Å². The molecule has 1 aliphatic heterocycles. The molecule has 2 aromatic rings. The van der Waals surface area contributed by atoms with Crippen LogP contribution < -0.4 is 4.74 Å². The highest BCUT2D eigenvalue weighted by Crippen LogP contribution is 2.26. The Labute approximate surface area is 153 Å². The van der Waals surface area contributed by atoms with Crippen molar-refractivity contribution >= 4 is 29.3 Å². The molecule has 0 N–H and O–H groups in total. The second-order valence-corrected chi connectivity index (χ2v) is 6.42. The summed E-state index contributed by atoms with van der Waals surface area (Å²) < 4.78 is 5.99. The lowest BCUT2D eigenvalue weighted by Crippen LogP contribution is -2.26. The Kier molecular flexibility index (Phi) is 4.86. The maximum atomic E-state index is 12.3. The van der Waals surface area contributed by atoms with Gasteiger partial charge in [-0.05, 0) is 36.8 Å². The van der Waals surface area contributed by atoms with Gasteiger partial charge in [0.1, 0.15) is 18.1 Å². The summed E-state index contributed by atoms with van der Waals surface area (Å²) in [6.45, 7) is 2.53. The van der Waals surface area contributed by atoms with Gasteiger partial charge in [-0.1, -0.05) is 48.0 Å². The van der Waals surface area contributed by atoms with E-state index >= 15 is 0 Å². The summed E-state index contributed by atoms with van der Waals surface area (Å²) in [5, 5.41) is 0.495. The van der Waals surface area contributed by atoms with Crippen LogP contribution in [0.2, 0.25) is 0 Å². The molecule has 3 rings (SSSR count). The van der Waals surface area contributed by atoms with Crippen LogP contribution in [-0.2, 0) is 11.4 Å². The molecule has 1 aliphatic rings. The number of aryl methyl sites for hydroxylation is 1. The van der Waals surface area contributed by atoms with E-state index in [4.69, 9.17) is 17.0 Å². The Balaban J connectivity index is 1.85. The first-order chi connectivity index (χ1) is 12.0. The minimum atomic E-state index is -0.110. The maximum Gasteiger partial charge on any atom is 0.276 e. The zero-order chi connectivity index (χ0) is 18.0. The number of hydrogen-bond donors (Lipinski definition) is 0. The molecule has 1 heterocycles. The molecule has 128 valence electrons. The van der Waals surface area contributed by atoms with Crippen LogP contribution in [0.25, 0.3) is 6.08 Å². The number of thiocarbonyl (C=S) groups is 1. The first kappa shape index (κ1) is 17.2. The molecule has 25 heavy (non-hydrogen) atoms. The monoisotopic (exact) mass is 352 g/mol. The molecule has 2 aromatic carbocycles. The van der Waals surface area contributed by atoms with Gasteiger partial charge in [0.05, 0.1) is 0 Å². The van der Waals surface area contributed by atoms with E-state index in [-0.39, 0.29) is 5.91 Å². The number of ether oxygens (including phenoxy) is 1. The quantitative estimate of drug-likeness (QED) is 0.622. The third-order valence-electron chi connectivity index (χ3n) is 4.15. The van der Waals surface area contributed by atoms with Crippen molar-refractivity contribution < 1.29 is 9.53 Å². The lowest BCUT2D eigenvalue weighted by atomic mass is 10.1. The molecule has 0 bridgehead atoms. The van der Waals surface area contributed by atoms with Crippen LogP contribution in [0.4, 0.5) is 0 Å². The van der Waals surface area contributed by atoms with E-state index in [1.54, 1.807) is 19.0 Å². The molecule has 0 atom stereocenters. The Bertz CT molecular complexity index is 860. The first-order valence-electron chi connectivity index (χ1n) is 8.02. The molecule has 1 fully saturated rings. The van der Waals surface area contributed by atoms with E-state index < -0.39 is 0 Å².